The smallest absolute Gasteiger partial charge is 0.359 e. The molecule has 2 aromatic carbocycles. The minimum absolute atomic E-state index is 0.297. The van der Waals surface area contributed by atoms with Gasteiger partial charge in [0.15, 0.2) is 0 Å². The van der Waals surface area contributed by atoms with Gasteiger partial charge in [-0.05, 0) is 48.5 Å². The molecule has 0 aliphatic heterocycles. The SMILES string of the molecule is [N-]=[N+]=C(S(=O)(=O)c1ccc(Br)cc1)S(=O)(=O)c1ccc(Br)cc1. The zero-order chi connectivity index (χ0) is 17.3. The van der Waals surface area contributed by atoms with E-state index in [0.29, 0.717) is 8.95 Å². The molecule has 2 rings (SSSR count). The van der Waals surface area contributed by atoms with Gasteiger partial charge in [-0.1, -0.05) is 31.9 Å². The molecule has 23 heavy (non-hydrogen) atoms. The highest BCUT2D eigenvalue weighted by Crippen LogP contribution is 2.23. The van der Waals surface area contributed by atoms with Crippen LogP contribution < -0.4 is 0 Å². The summed E-state index contributed by atoms with van der Waals surface area (Å²) in [6.45, 7) is 0. The van der Waals surface area contributed by atoms with Crippen LogP contribution in [-0.4, -0.2) is 26.0 Å². The van der Waals surface area contributed by atoms with Gasteiger partial charge in [0.25, 0.3) is 19.7 Å². The summed E-state index contributed by atoms with van der Waals surface area (Å²) in [7, 11) is -9.01. The lowest BCUT2D eigenvalue weighted by Crippen LogP contribution is -2.26. The second-order valence-electron chi connectivity index (χ2n) is 4.28. The van der Waals surface area contributed by atoms with Crippen molar-refractivity contribution in [3.05, 3.63) is 63.0 Å². The lowest BCUT2D eigenvalue weighted by molar-refractivity contribution is 0.00380. The quantitative estimate of drug-likeness (QED) is 0.285. The first-order valence-corrected chi connectivity index (χ1v) is 10.5. The van der Waals surface area contributed by atoms with E-state index in [1.807, 2.05) is 0 Å². The fourth-order valence-electron chi connectivity index (χ4n) is 1.68. The normalized spacial score (nSPS) is 11.7. The van der Waals surface area contributed by atoms with E-state index in [9.17, 15) is 16.8 Å². The third-order valence-corrected chi connectivity index (χ3v) is 8.03. The predicted molar refractivity (Wildman–Crippen MR) is 91.3 cm³/mol. The van der Waals surface area contributed by atoms with Crippen molar-refractivity contribution in [3.8, 4) is 0 Å². The molecular formula is C13H8Br2N2O4S2. The van der Waals surface area contributed by atoms with E-state index in [4.69, 9.17) is 5.53 Å². The van der Waals surface area contributed by atoms with Crippen LogP contribution in [0.4, 0.5) is 0 Å². The molecule has 0 aromatic heterocycles. The summed E-state index contributed by atoms with van der Waals surface area (Å²) in [6, 6.07) is 10.6. The highest BCUT2D eigenvalue weighted by Gasteiger charge is 2.43. The van der Waals surface area contributed by atoms with Gasteiger partial charge >= 0.3 is 4.38 Å². The zero-order valence-corrected chi connectivity index (χ0v) is 16.0. The maximum Gasteiger partial charge on any atom is 0.504 e. The lowest BCUT2D eigenvalue weighted by atomic mass is 10.4. The number of hydrogen-bond donors (Lipinski definition) is 0. The van der Waals surface area contributed by atoms with E-state index in [0.717, 1.165) is 0 Å². The van der Waals surface area contributed by atoms with Crippen molar-refractivity contribution >= 4 is 55.9 Å². The van der Waals surface area contributed by atoms with Gasteiger partial charge < -0.3 is 5.53 Å². The topological polar surface area (TPSA) is 105 Å². The molecule has 120 valence electrons. The molecule has 10 heteroatoms. The van der Waals surface area contributed by atoms with Gasteiger partial charge in [0.05, 0.1) is 9.79 Å². The molecule has 0 fully saturated rings. The Labute approximate surface area is 149 Å². The van der Waals surface area contributed by atoms with Gasteiger partial charge in [-0.2, -0.15) is 0 Å². The first-order valence-electron chi connectivity index (χ1n) is 5.93. The Morgan fingerprint density at radius 2 is 1.04 bits per heavy atom. The Bertz CT molecular complexity index is 915. The van der Waals surface area contributed by atoms with E-state index in [-0.39, 0.29) is 9.79 Å². The molecule has 0 aliphatic carbocycles. The maximum absolute atomic E-state index is 12.5. The Hall–Kier alpha value is -1.32. The highest BCUT2D eigenvalue weighted by atomic mass is 79.9. The third kappa shape index (κ3) is 3.61. The minimum atomic E-state index is -4.50. The molecule has 0 N–H and O–H groups in total. The van der Waals surface area contributed by atoms with Crippen molar-refractivity contribution in [2.75, 3.05) is 0 Å². The summed E-state index contributed by atoms with van der Waals surface area (Å²) in [5.41, 5.74) is 9.04. The second kappa shape index (κ2) is 6.66. The van der Waals surface area contributed by atoms with Crippen LogP contribution in [-0.2, 0) is 19.7 Å². The summed E-state index contributed by atoms with van der Waals surface area (Å²) in [5, 5.41) is 0. The van der Waals surface area contributed by atoms with E-state index >= 15 is 0 Å². The van der Waals surface area contributed by atoms with E-state index in [2.05, 4.69) is 36.6 Å². The van der Waals surface area contributed by atoms with Gasteiger partial charge in [-0.25, -0.2) is 16.8 Å². The highest BCUT2D eigenvalue weighted by molar-refractivity contribution is 9.10. The summed E-state index contributed by atoms with van der Waals surface area (Å²) in [5.74, 6) is 0. The van der Waals surface area contributed by atoms with Crippen LogP contribution in [0.15, 0.2) is 67.3 Å². The number of sulfone groups is 2. The number of benzene rings is 2. The maximum atomic E-state index is 12.5. The molecule has 0 amide bonds. The molecule has 0 radical (unpaired) electrons. The zero-order valence-electron chi connectivity index (χ0n) is 11.2. The summed E-state index contributed by atoms with van der Waals surface area (Å²) < 4.78 is 49.8. The first kappa shape index (κ1) is 18.0. The van der Waals surface area contributed by atoms with Crippen LogP contribution in [0.3, 0.4) is 0 Å². The molecule has 2 aromatic rings. The fourth-order valence-corrected chi connectivity index (χ4v) is 5.55. The number of hydrogen-bond acceptors (Lipinski definition) is 4. The number of nitrogens with zero attached hydrogens (tertiary/aromatic N) is 2. The van der Waals surface area contributed by atoms with Gasteiger partial charge in [0, 0.05) is 8.95 Å². The van der Waals surface area contributed by atoms with E-state index < -0.39 is 24.1 Å². The van der Waals surface area contributed by atoms with Crippen LogP contribution in [0.25, 0.3) is 5.53 Å². The molecule has 0 saturated heterocycles. The fraction of sp³-hybridized carbons (Fsp3) is 0. The number of halogens is 2. The van der Waals surface area contributed by atoms with Gasteiger partial charge in [0.2, 0.25) is 0 Å². The number of rotatable bonds is 2. The van der Waals surface area contributed by atoms with Gasteiger partial charge in [-0.15, -0.1) is 4.79 Å². The monoisotopic (exact) mass is 478 g/mol. The average molecular weight is 480 g/mol. The van der Waals surface area contributed by atoms with Crippen molar-refractivity contribution in [2.45, 2.75) is 9.79 Å². The van der Waals surface area contributed by atoms with Crippen LogP contribution in [0, 0.1) is 0 Å². The minimum Gasteiger partial charge on any atom is -0.359 e. The summed E-state index contributed by atoms with van der Waals surface area (Å²) >= 11 is 6.30. The Morgan fingerprint density at radius 3 is 1.30 bits per heavy atom. The predicted octanol–water partition coefficient (Wildman–Crippen LogP) is 3.05. The van der Waals surface area contributed by atoms with E-state index in [1.54, 1.807) is 0 Å². The average Bonchev–Trinajstić information content (AvgIpc) is 2.48. The van der Waals surface area contributed by atoms with Gasteiger partial charge in [0.1, 0.15) is 0 Å². The molecule has 0 unspecified atom stereocenters. The standard InChI is InChI=1S/C13H8Br2N2O4S2/c14-9-1-5-11(6-2-9)22(18,19)13(17-16)23(20,21)12-7-3-10(15)4-8-12/h1-8H. The summed E-state index contributed by atoms with van der Waals surface area (Å²) in [6.07, 6.45) is 0. The molecule has 0 aliphatic rings. The molecule has 0 saturated carbocycles. The molecule has 0 spiro atoms. The van der Waals surface area contributed by atoms with Crippen molar-refractivity contribution in [2.24, 2.45) is 0 Å². The second-order valence-corrected chi connectivity index (χ2v) is 10.1. The Morgan fingerprint density at radius 1 is 0.739 bits per heavy atom. The Balaban J connectivity index is 2.61. The van der Waals surface area contributed by atoms with Crippen molar-refractivity contribution < 1.29 is 21.6 Å². The van der Waals surface area contributed by atoms with Crippen molar-refractivity contribution in [1.29, 1.82) is 0 Å². The van der Waals surface area contributed by atoms with Gasteiger partial charge in [-0.3, -0.25) is 0 Å². The van der Waals surface area contributed by atoms with Crippen LogP contribution >= 0.6 is 31.9 Å². The lowest BCUT2D eigenvalue weighted by Gasteiger charge is -2.03. The molecular weight excluding hydrogens is 472 g/mol. The van der Waals surface area contributed by atoms with Crippen LogP contribution in [0.1, 0.15) is 0 Å². The van der Waals surface area contributed by atoms with E-state index in [1.165, 1.54) is 48.5 Å². The summed E-state index contributed by atoms with van der Waals surface area (Å²) in [4.78, 5) is 1.95. The Kier molecular flexibility index (Phi) is 5.22. The molecule has 0 heterocycles. The molecule has 0 atom stereocenters. The van der Waals surface area contributed by atoms with Crippen molar-refractivity contribution in [3.63, 3.8) is 0 Å². The third-order valence-electron chi connectivity index (χ3n) is 2.79. The molecule has 6 nitrogen and oxygen atoms in total. The van der Waals surface area contributed by atoms with Crippen LogP contribution in [0.2, 0.25) is 0 Å². The van der Waals surface area contributed by atoms with Crippen molar-refractivity contribution in [1.82, 2.24) is 0 Å². The first-order chi connectivity index (χ1) is 10.7. The largest absolute Gasteiger partial charge is 0.504 e. The van der Waals surface area contributed by atoms with Crippen LogP contribution in [0.5, 0.6) is 0 Å². The molecule has 0 bridgehead atoms.